The number of hydrogen-bond donors (Lipinski definition) is 2. The first-order valence-electron chi connectivity index (χ1n) is 6.19. The molecule has 0 aliphatic carbocycles. The van der Waals surface area contributed by atoms with Crippen LogP contribution in [0.1, 0.15) is 28.9 Å². The molecule has 1 amide bonds. The second-order valence-electron chi connectivity index (χ2n) is 4.60. The van der Waals surface area contributed by atoms with Gasteiger partial charge in [0, 0.05) is 11.7 Å². The topological polar surface area (TPSA) is 55.1 Å². The second-order valence-corrected chi connectivity index (χ2v) is 5.01. The van der Waals surface area contributed by atoms with E-state index in [1.54, 1.807) is 13.0 Å². The van der Waals surface area contributed by atoms with Crippen molar-refractivity contribution >= 4 is 23.2 Å². The van der Waals surface area contributed by atoms with Gasteiger partial charge in [-0.2, -0.15) is 0 Å². The van der Waals surface area contributed by atoms with Crippen molar-refractivity contribution in [2.45, 2.75) is 13.0 Å². The van der Waals surface area contributed by atoms with Crippen LogP contribution in [0, 0.1) is 11.6 Å². The summed E-state index contributed by atoms with van der Waals surface area (Å²) in [6.45, 7) is 1.80. The Kier molecular flexibility index (Phi) is 4.43. The van der Waals surface area contributed by atoms with Crippen LogP contribution in [0.4, 0.5) is 14.5 Å². The van der Waals surface area contributed by atoms with Gasteiger partial charge in [0.25, 0.3) is 5.91 Å². The van der Waals surface area contributed by atoms with E-state index in [9.17, 15) is 13.6 Å². The number of halogens is 3. The van der Waals surface area contributed by atoms with Crippen molar-refractivity contribution in [3.8, 4) is 0 Å². The number of anilines is 1. The Bertz CT molecular complexity index is 691. The third kappa shape index (κ3) is 3.49. The molecule has 21 heavy (non-hydrogen) atoms. The highest BCUT2D eigenvalue weighted by Gasteiger charge is 2.12. The summed E-state index contributed by atoms with van der Waals surface area (Å²) < 4.78 is 26.8. The normalized spacial score (nSPS) is 12.0. The zero-order valence-electron chi connectivity index (χ0n) is 11.2. The molecule has 3 nitrogen and oxygen atoms in total. The van der Waals surface area contributed by atoms with Gasteiger partial charge in [0.2, 0.25) is 0 Å². The maximum atomic E-state index is 13.4. The number of primary amides is 1. The molecule has 2 aromatic carbocycles. The molecule has 3 N–H and O–H groups in total. The lowest BCUT2D eigenvalue weighted by Gasteiger charge is -2.16. The van der Waals surface area contributed by atoms with Gasteiger partial charge >= 0.3 is 0 Å². The number of benzene rings is 2. The summed E-state index contributed by atoms with van der Waals surface area (Å²) in [7, 11) is 0. The zero-order chi connectivity index (χ0) is 15.6. The van der Waals surface area contributed by atoms with E-state index >= 15 is 0 Å². The van der Waals surface area contributed by atoms with Crippen LogP contribution in [-0.4, -0.2) is 5.91 Å². The fourth-order valence-electron chi connectivity index (χ4n) is 1.92. The minimum Gasteiger partial charge on any atom is -0.378 e. The fraction of sp³-hybridized carbons (Fsp3) is 0.133. The van der Waals surface area contributed by atoms with Crippen molar-refractivity contribution in [3.05, 3.63) is 64.2 Å². The van der Waals surface area contributed by atoms with Crippen molar-refractivity contribution in [1.82, 2.24) is 0 Å². The molecule has 0 aliphatic heterocycles. The first kappa shape index (κ1) is 15.3. The van der Waals surface area contributed by atoms with E-state index in [1.807, 2.05) is 0 Å². The van der Waals surface area contributed by atoms with Crippen LogP contribution in [0.5, 0.6) is 0 Å². The van der Waals surface area contributed by atoms with E-state index in [2.05, 4.69) is 5.32 Å². The van der Waals surface area contributed by atoms with Gasteiger partial charge in [-0.3, -0.25) is 4.79 Å². The third-order valence-electron chi connectivity index (χ3n) is 3.06. The Morgan fingerprint density at radius 3 is 2.52 bits per heavy atom. The van der Waals surface area contributed by atoms with E-state index in [-0.39, 0.29) is 16.6 Å². The summed E-state index contributed by atoms with van der Waals surface area (Å²) >= 11 is 5.63. The van der Waals surface area contributed by atoms with Crippen LogP contribution < -0.4 is 11.1 Å². The smallest absolute Gasteiger partial charge is 0.251 e. The summed E-state index contributed by atoms with van der Waals surface area (Å²) in [5, 5.41) is 3.09. The number of nitrogens with one attached hydrogen (secondary N) is 1. The Hall–Kier alpha value is -2.14. The van der Waals surface area contributed by atoms with E-state index in [0.29, 0.717) is 11.3 Å². The largest absolute Gasteiger partial charge is 0.378 e. The predicted octanol–water partition coefficient (Wildman–Crippen LogP) is 3.89. The van der Waals surface area contributed by atoms with Gasteiger partial charge in [-0.25, -0.2) is 8.78 Å². The van der Waals surface area contributed by atoms with E-state index < -0.39 is 17.5 Å². The Balaban J connectivity index is 2.23. The SMILES string of the molecule is CC(Nc1ccc(F)c(C(N)=O)c1)c1ccc(Cl)c(F)c1. The van der Waals surface area contributed by atoms with Crippen LogP contribution in [0.3, 0.4) is 0 Å². The first-order valence-corrected chi connectivity index (χ1v) is 6.57. The van der Waals surface area contributed by atoms with Gasteiger partial charge in [-0.1, -0.05) is 17.7 Å². The van der Waals surface area contributed by atoms with Crippen LogP contribution in [0.15, 0.2) is 36.4 Å². The average molecular weight is 311 g/mol. The second kappa shape index (κ2) is 6.10. The molecule has 6 heteroatoms. The standard InChI is InChI=1S/C15H13ClF2N2O/c1-8(9-2-4-12(16)14(18)6-9)20-10-3-5-13(17)11(7-10)15(19)21/h2-8,20H,1H3,(H2,19,21). The Morgan fingerprint density at radius 2 is 1.90 bits per heavy atom. The highest BCUT2D eigenvalue weighted by molar-refractivity contribution is 6.30. The monoisotopic (exact) mass is 310 g/mol. The molecule has 0 fully saturated rings. The lowest BCUT2D eigenvalue weighted by Crippen LogP contribution is -2.14. The molecular formula is C15H13ClF2N2O. The quantitative estimate of drug-likeness (QED) is 0.900. The summed E-state index contributed by atoms with van der Waals surface area (Å²) in [4.78, 5) is 11.1. The summed E-state index contributed by atoms with van der Waals surface area (Å²) in [5.74, 6) is -2.04. The van der Waals surface area contributed by atoms with Gasteiger partial charge in [0.1, 0.15) is 11.6 Å². The molecular weight excluding hydrogens is 298 g/mol. The molecule has 1 atom stereocenters. The lowest BCUT2D eigenvalue weighted by atomic mass is 10.1. The highest BCUT2D eigenvalue weighted by atomic mass is 35.5. The molecule has 110 valence electrons. The number of carbonyl (C=O) groups is 1. The van der Waals surface area contributed by atoms with Gasteiger partial charge in [0.05, 0.1) is 10.6 Å². The lowest BCUT2D eigenvalue weighted by molar-refractivity contribution is 0.0996. The fourth-order valence-corrected chi connectivity index (χ4v) is 2.04. The van der Waals surface area contributed by atoms with Gasteiger partial charge in [-0.15, -0.1) is 0 Å². The minimum atomic E-state index is -0.846. The predicted molar refractivity (Wildman–Crippen MR) is 78.4 cm³/mol. The van der Waals surface area contributed by atoms with Crippen LogP contribution in [-0.2, 0) is 0 Å². The van der Waals surface area contributed by atoms with Gasteiger partial charge in [0.15, 0.2) is 0 Å². The summed E-state index contributed by atoms with van der Waals surface area (Å²) in [5.41, 5.74) is 6.07. The average Bonchev–Trinajstić information content (AvgIpc) is 2.43. The molecule has 0 radical (unpaired) electrons. The zero-order valence-corrected chi connectivity index (χ0v) is 11.9. The van der Waals surface area contributed by atoms with Crippen molar-refractivity contribution < 1.29 is 13.6 Å². The van der Waals surface area contributed by atoms with Gasteiger partial charge in [-0.05, 0) is 42.8 Å². The first-order chi connectivity index (χ1) is 9.88. The van der Waals surface area contributed by atoms with Crippen molar-refractivity contribution in [2.24, 2.45) is 5.73 Å². The maximum Gasteiger partial charge on any atom is 0.251 e. The van der Waals surface area contributed by atoms with E-state index in [1.165, 1.54) is 24.3 Å². The van der Waals surface area contributed by atoms with E-state index in [0.717, 1.165) is 6.07 Å². The molecule has 0 aliphatic rings. The van der Waals surface area contributed by atoms with Crippen molar-refractivity contribution in [2.75, 3.05) is 5.32 Å². The number of carbonyl (C=O) groups excluding carboxylic acids is 1. The summed E-state index contributed by atoms with van der Waals surface area (Å²) in [6, 6.07) is 8.15. The number of rotatable bonds is 4. The van der Waals surface area contributed by atoms with Gasteiger partial charge < -0.3 is 11.1 Å². The van der Waals surface area contributed by atoms with Crippen molar-refractivity contribution in [3.63, 3.8) is 0 Å². The Morgan fingerprint density at radius 1 is 1.19 bits per heavy atom. The molecule has 0 aromatic heterocycles. The Labute approximate surface area is 125 Å². The molecule has 0 saturated heterocycles. The van der Waals surface area contributed by atoms with Crippen LogP contribution in [0.2, 0.25) is 5.02 Å². The minimum absolute atomic E-state index is 0.0451. The van der Waals surface area contributed by atoms with E-state index in [4.69, 9.17) is 17.3 Å². The maximum absolute atomic E-state index is 13.4. The number of amides is 1. The number of hydrogen-bond acceptors (Lipinski definition) is 2. The molecule has 0 saturated carbocycles. The molecule has 2 aromatic rings. The number of nitrogens with two attached hydrogens (primary N) is 1. The van der Waals surface area contributed by atoms with Crippen molar-refractivity contribution in [1.29, 1.82) is 0 Å². The van der Waals surface area contributed by atoms with Crippen LogP contribution >= 0.6 is 11.6 Å². The molecule has 2 rings (SSSR count). The van der Waals surface area contributed by atoms with Crippen LogP contribution in [0.25, 0.3) is 0 Å². The molecule has 0 spiro atoms. The third-order valence-corrected chi connectivity index (χ3v) is 3.37. The highest BCUT2D eigenvalue weighted by Crippen LogP contribution is 2.24. The molecule has 0 bridgehead atoms. The molecule has 0 heterocycles. The molecule has 1 unspecified atom stereocenters. The summed E-state index contributed by atoms with van der Waals surface area (Å²) in [6.07, 6.45) is 0.